The average molecular weight is 236 g/mol. The van der Waals surface area contributed by atoms with Crippen LogP contribution in [0.1, 0.15) is 18.5 Å². The van der Waals surface area contributed by atoms with E-state index in [1.807, 2.05) is 19.2 Å². The van der Waals surface area contributed by atoms with Crippen molar-refractivity contribution >= 4 is 5.95 Å². The van der Waals surface area contributed by atoms with E-state index in [1.54, 1.807) is 0 Å². The second-order valence-electron chi connectivity index (χ2n) is 4.44. The van der Waals surface area contributed by atoms with Crippen LogP contribution in [0.25, 0.3) is 0 Å². The molecule has 1 aliphatic rings. The van der Waals surface area contributed by atoms with E-state index >= 15 is 0 Å². The molecule has 0 bridgehead atoms. The minimum absolute atomic E-state index is 0.210. The Hall–Kier alpha value is -1.20. The van der Waals surface area contributed by atoms with Crippen molar-refractivity contribution in [3.63, 3.8) is 0 Å². The van der Waals surface area contributed by atoms with Gasteiger partial charge in [0.1, 0.15) is 0 Å². The number of nitrogens with zero attached hydrogens (tertiary/aromatic N) is 3. The number of aliphatic hydroxyl groups is 1. The molecule has 1 aromatic heterocycles. The Morgan fingerprint density at radius 3 is 2.88 bits per heavy atom. The zero-order valence-corrected chi connectivity index (χ0v) is 10.3. The Kier molecular flexibility index (Phi) is 4.28. The summed E-state index contributed by atoms with van der Waals surface area (Å²) in [5, 5.41) is 12.1. The topological polar surface area (TPSA) is 61.3 Å². The molecule has 0 radical (unpaired) electrons. The van der Waals surface area contributed by atoms with Crippen LogP contribution in [0.5, 0.6) is 0 Å². The first-order valence-electron chi connectivity index (χ1n) is 6.18. The van der Waals surface area contributed by atoms with Crippen molar-refractivity contribution < 1.29 is 5.11 Å². The lowest BCUT2D eigenvalue weighted by atomic mass is 10.1. The van der Waals surface area contributed by atoms with Crippen LogP contribution < -0.4 is 10.2 Å². The summed E-state index contributed by atoms with van der Waals surface area (Å²) in [5.41, 5.74) is 1.01. The zero-order valence-electron chi connectivity index (χ0n) is 10.3. The number of piperidine rings is 1. The van der Waals surface area contributed by atoms with Crippen molar-refractivity contribution in [3.05, 3.63) is 18.0 Å². The van der Waals surface area contributed by atoms with Crippen LogP contribution in [0.2, 0.25) is 0 Å². The first kappa shape index (κ1) is 12.3. The van der Waals surface area contributed by atoms with Gasteiger partial charge >= 0.3 is 0 Å². The molecule has 5 nitrogen and oxygen atoms in total. The summed E-state index contributed by atoms with van der Waals surface area (Å²) >= 11 is 0. The lowest BCUT2D eigenvalue weighted by molar-refractivity contribution is 0.277. The zero-order chi connectivity index (χ0) is 12.1. The molecule has 0 aliphatic carbocycles. The van der Waals surface area contributed by atoms with Crippen molar-refractivity contribution in [3.8, 4) is 0 Å². The molecule has 1 fully saturated rings. The Morgan fingerprint density at radius 2 is 2.24 bits per heavy atom. The third-order valence-electron chi connectivity index (χ3n) is 3.10. The summed E-state index contributed by atoms with van der Waals surface area (Å²) in [6.45, 7) is 4.84. The summed E-state index contributed by atoms with van der Waals surface area (Å²) in [5.74, 6) is 0.839. The van der Waals surface area contributed by atoms with Gasteiger partial charge < -0.3 is 15.3 Å². The molecule has 1 aromatic rings. The van der Waals surface area contributed by atoms with Gasteiger partial charge in [0.2, 0.25) is 5.95 Å². The fourth-order valence-electron chi connectivity index (χ4n) is 2.14. The largest absolute Gasteiger partial charge is 0.395 e. The number of rotatable bonds is 4. The fourth-order valence-corrected chi connectivity index (χ4v) is 2.14. The van der Waals surface area contributed by atoms with Crippen LogP contribution in [0, 0.1) is 6.92 Å². The van der Waals surface area contributed by atoms with E-state index in [9.17, 15) is 0 Å². The Labute approximate surface area is 102 Å². The van der Waals surface area contributed by atoms with Crippen LogP contribution in [-0.2, 0) is 0 Å². The molecule has 2 heterocycles. The number of aryl methyl sites for hydroxylation is 1. The minimum Gasteiger partial charge on any atom is -0.395 e. The number of aliphatic hydroxyl groups excluding tert-OH is 1. The monoisotopic (exact) mass is 236 g/mol. The van der Waals surface area contributed by atoms with Gasteiger partial charge in [0.25, 0.3) is 0 Å². The van der Waals surface area contributed by atoms with E-state index in [0.29, 0.717) is 12.6 Å². The Morgan fingerprint density at radius 1 is 1.47 bits per heavy atom. The van der Waals surface area contributed by atoms with Crippen molar-refractivity contribution in [2.45, 2.75) is 25.8 Å². The van der Waals surface area contributed by atoms with Gasteiger partial charge in [-0.15, -0.1) is 0 Å². The van der Waals surface area contributed by atoms with Gasteiger partial charge in [0, 0.05) is 37.6 Å². The number of hydrogen-bond donors (Lipinski definition) is 2. The molecule has 2 rings (SSSR count). The van der Waals surface area contributed by atoms with E-state index in [-0.39, 0.29) is 6.61 Å². The molecule has 0 atom stereocenters. The molecule has 0 unspecified atom stereocenters. The molecule has 0 aromatic carbocycles. The second kappa shape index (κ2) is 5.93. The summed E-state index contributed by atoms with van der Waals surface area (Å²) < 4.78 is 0. The third kappa shape index (κ3) is 3.38. The quantitative estimate of drug-likeness (QED) is 0.789. The number of nitrogens with one attached hydrogen (secondary N) is 1. The normalized spacial score (nSPS) is 17.4. The van der Waals surface area contributed by atoms with Crippen LogP contribution in [0.15, 0.2) is 12.3 Å². The van der Waals surface area contributed by atoms with E-state index < -0.39 is 0 Å². The highest BCUT2D eigenvalue weighted by atomic mass is 16.3. The molecular weight excluding hydrogens is 216 g/mol. The molecule has 1 saturated heterocycles. The molecule has 0 saturated carbocycles. The van der Waals surface area contributed by atoms with Gasteiger partial charge in [-0.05, 0) is 25.8 Å². The van der Waals surface area contributed by atoms with Crippen molar-refractivity contribution in [2.75, 3.05) is 31.1 Å². The maximum Gasteiger partial charge on any atom is 0.225 e. The highest BCUT2D eigenvalue weighted by Gasteiger charge is 2.20. The van der Waals surface area contributed by atoms with E-state index in [0.717, 1.165) is 37.6 Å². The van der Waals surface area contributed by atoms with E-state index in [2.05, 4.69) is 20.2 Å². The van der Waals surface area contributed by atoms with Crippen LogP contribution in [0.3, 0.4) is 0 Å². The molecule has 2 N–H and O–H groups in total. The first-order chi connectivity index (χ1) is 8.29. The van der Waals surface area contributed by atoms with E-state index in [1.165, 1.54) is 0 Å². The number of anilines is 1. The first-order valence-corrected chi connectivity index (χ1v) is 6.18. The molecule has 94 valence electrons. The summed E-state index contributed by atoms with van der Waals surface area (Å²) in [6.07, 6.45) is 3.97. The highest BCUT2D eigenvalue weighted by molar-refractivity contribution is 5.30. The Balaban J connectivity index is 1.86. The summed E-state index contributed by atoms with van der Waals surface area (Å²) in [4.78, 5) is 11.0. The molecule has 0 amide bonds. The summed E-state index contributed by atoms with van der Waals surface area (Å²) in [6, 6.07) is 2.43. The molecule has 17 heavy (non-hydrogen) atoms. The highest BCUT2D eigenvalue weighted by Crippen LogP contribution is 2.15. The van der Waals surface area contributed by atoms with Crippen LogP contribution >= 0.6 is 0 Å². The standard InChI is InChI=1S/C12H20N4O/c1-10-2-5-14-12(15-10)16-7-3-11(4-8-16)13-6-9-17/h2,5,11,13,17H,3-4,6-9H2,1H3. The molecule has 5 heteroatoms. The number of hydrogen-bond acceptors (Lipinski definition) is 5. The van der Waals surface area contributed by atoms with Crippen LogP contribution in [-0.4, -0.2) is 47.4 Å². The van der Waals surface area contributed by atoms with Gasteiger partial charge in [-0.3, -0.25) is 0 Å². The van der Waals surface area contributed by atoms with Crippen LogP contribution in [0.4, 0.5) is 5.95 Å². The van der Waals surface area contributed by atoms with Gasteiger partial charge in [-0.2, -0.15) is 0 Å². The lowest BCUT2D eigenvalue weighted by Gasteiger charge is -2.32. The minimum atomic E-state index is 0.210. The van der Waals surface area contributed by atoms with Gasteiger partial charge in [0.05, 0.1) is 6.61 Å². The van der Waals surface area contributed by atoms with Gasteiger partial charge in [-0.1, -0.05) is 0 Å². The second-order valence-corrected chi connectivity index (χ2v) is 4.44. The van der Waals surface area contributed by atoms with Crippen molar-refractivity contribution in [1.29, 1.82) is 0 Å². The van der Waals surface area contributed by atoms with Gasteiger partial charge in [0.15, 0.2) is 0 Å². The predicted octanol–water partition coefficient (Wildman–Crippen LogP) is 0.336. The van der Waals surface area contributed by atoms with Crippen molar-refractivity contribution in [1.82, 2.24) is 15.3 Å². The maximum atomic E-state index is 8.76. The van der Waals surface area contributed by atoms with Crippen molar-refractivity contribution in [2.24, 2.45) is 0 Å². The van der Waals surface area contributed by atoms with E-state index in [4.69, 9.17) is 5.11 Å². The average Bonchev–Trinajstić information content (AvgIpc) is 2.37. The fraction of sp³-hybridized carbons (Fsp3) is 0.667. The Bertz CT molecular complexity index is 350. The lowest BCUT2D eigenvalue weighted by Crippen LogP contribution is -2.43. The molecule has 0 spiro atoms. The molecule has 1 aliphatic heterocycles. The maximum absolute atomic E-state index is 8.76. The van der Waals surface area contributed by atoms with Gasteiger partial charge in [-0.25, -0.2) is 9.97 Å². The summed E-state index contributed by atoms with van der Waals surface area (Å²) in [7, 11) is 0. The third-order valence-corrected chi connectivity index (χ3v) is 3.10. The SMILES string of the molecule is Cc1ccnc(N2CCC(NCCO)CC2)n1. The smallest absolute Gasteiger partial charge is 0.225 e. The molecular formula is C12H20N4O. The number of aromatic nitrogens is 2. The predicted molar refractivity (Wildman–Crippen MR) is 67.1 cm³/mol.